The summed E-state index contributed by atoms with van der Waals surface area (Å²) in [6, 6.07) is 0.240. The molecular formula is C17H28N2OS. The Labute approximate surface area is 133 Å². The first-order valence-corrected chi connectivity index (χ1v) is 8.95. The molecular weight excluding hydrogens is 280 g/mol. The fourth-order valence-electron chi connectivity index (χ4n) is 5.37. The third-order valence-corrected chi connectivity index (χ3v) is 6.22. The van der Waals surface area contributed by atoms with Crippen LogP contribution in [0.25, 0.3) is 0 Å². The van der Waals surface area contributed by atoms with E-state index in [4.69, 9.17) is 18.0 Å². The summed E-state index contributed by atoms with van der Waals surface area (Å²) in [5.74, 6) is 3.81. The fourth-order valence-corrected chi connectivity index (χ4v) is 5.46. The molecule has 0 unspecified atom stereocenters. The molecule has 0 radical (unpaired) electrons. The van der Waals surface area contributed by atoms with Crippen molar-refractivity contribution in [2.45, 2.75) is 58.4 Å². The summed E-state index contributed by atoms with van der Waals surface area (Å²) in [5.41, 5.74) is 5.63. The molecule has 0 atom stereocenters. The molecule has 0 aromatic rings. The Morgan fingerprint density at radius 3 is 2.10 bits per heavy atom. The maximum absolute atomic E-state index is 13.1. The number of hydrogen-bond donors (Lipinski definition) is 1. The van der Waals surface area contributed by atoms with Crippen LogP contribution in [0, 0.1) is 29.6 Å². The number of thiocarbonyl (C=S) groups is 1. The quantitative estimate of drug-likeness (QED) is 0.794. The average Bonchev–Trinajstić information content (AvgIpc) is 2.36. The minimum Gasteiger partial charge on any atom is -0.393 e. The van der Waals surface area contributed by atoms with Gasteiger partial charge < -0.3 is 10.6 Å². The van der Waals surface area contributed by atoms with Crippen LogP contribution in [0.2, 0.25) is 0 Å². The summed E-state index contributed by atoms with van der Waals surface area (Å²) in [4.78, 5) is 15.7. The lowest BCUT2D eigenvalue weighted by molar-refractivity contribution is -0.150. The Morgan fingerprint density at radius 2 is 1.67 bits per heavy atom. The Morgan fingerprint density at radius 1 is 1.14 bits per heavy atom. The van der Waals surface area contributed by atoms with E-state index in [0.717, 1.165) is 11.8 Å². The predicted octanol–water partition coefficient (Wildman–Crippen LogP) is 2.97. The molecule has 4 aliphatic carbocycles. The van der Waals surface area contributed by atoms with Crippen LogP contribution in [0.15, 0.2) is 0 Å². The van der Waals surface area contributed by atoms with E-state index in [1.165, 1.54) is 32.1 Å². The Bertz CT molecular complexity index is 407. The predicted molar refractivity (Wildman–Crippen MR) is 88.8 cm³/mol. The molecule has 0 aromatic carbocycles. The summed E-state index contributed by atoms with van der Waals surface area (Å²) >= 11 is 4.98. The van der Waals surface area contributed by atoms with Crippen LogP contribution in [0.1, 0.15) is 52.4 Å². The molecule has 4 fully saturated rings. The molecule has 118 valence electrons. The van der Waals surface area contributed by atoms with E-state index in [-0.39, 0.29) is 12.0 Å². The highest BCUT2D eigenvalue weighted by molar-refractivity contribution is 7.80. The minimum absolute atomic E-state index is 0.240. The summed E-state index contributed by atoms with van der Waals surface area (Å²) in [6.07, 6.45) is 7.26. The lowest BCUT2D eigenvalue weighted by Crippen LogP contribution is -2.53. The lowest BCUT2D eigenvalue weighted by atomic mass is 9.51. The van der Waals surface area contributed by atoms with E-state index in [1.54, 1.807) is 0 Å². The number of hydrogen-bond acceptors (Lipinski definition) is 2. The van der Waals surface area contributed by atoms with Gasteiger partial charge in [-0.15, -0.1) is 0 Å². The van der Waals surface area contributed by atoms with Crippen molar-refractivity contribution < 1.29 is 4.79 Å². The van der Waals surface area contributed by atoms with Crippen molar-refractivity contribution in [2.24, 2.45) is 35.3 Å². The van der Waals surface area contributed by atoms with Gasteiger partial charge in [-0.2, -0.15) is 0 Å². The van der Waals surface area contributed by atoms with E-state index < -0.39 is 0 Å². The number of nitrogens with two attached hydrogens (primary N) is 1. The van der Waals surface area contributed by atoms with Crippen molar-refractivity contribution in [2.75, 3.05) is 6.54 Å². The zero-order chi connectivity index (χ0) is 15.1. The second-order valence-electron chi connectivity index (χ2n) is 7.80. The molecule has 0 aromatic heterocycles. The molecule has 2 N–H and O–H groups in total. The molecule has 1 amide bonds. The Kier molecular flexibility index (Phi) is 4.26. The van der Waals surface area contributed by atoms with Gasteiger partial charge in [-0.3, -0.25) is 4.79 Å². The van der Waals surface area contributed by atoms with Crippen molar-refractivity contribution >= 4 is 23.1 Å². The van der Waals surface area contributed by atoms with Crippen LogP contribution in [0.4, 0.5) is 0 Å². The minimum atomic E-state index is 0.240. The van der Waals surface area contributed by atoms with E-state index >= 15 is 0 Å². The maximum Gasteiger partial charge on any atom is 0.226 e. The monoisotopic (exact) mass is 308 g/mol. The normalized spacial score (nSPS) is 37.0. The van der Waals surface area contributed by atoms with Crippen LogP contribution in [0.3, 0.4) is 0 Å². The van der Waals surface area contributed by atoms with Crippen LogP contribution in [0.5, 0.6) is 0 Å². The number of rotatable bonds is 5. The molecule has 4 aliphatic rings. The topological polar surface area (TPSA) is 46.3 Å². The summed E-state index contributed by atoms with van der Waals surface area (Å²) in [5, 5.41) is 0. The smallest absolute Gasteiger partial charge is 0.226 e. The first-order valence-electron chi connectivity index (χ1n) is 8.54. The number of carbonyl (C=O) groups is 1. The SMILES string of the molecule is CC(C)N(CCC(N)=S)C(=O)C1C2CC3CC(C2)CC1C3. The zero-order valence-electron chi connectivity index (χ0n) is 13.3. The average molecular weight is 308 g/mol. The van der Waals surface area contributed by atoms with Crippen LogP contribution in [-0.2, 0) is 4.79 Å². The highest BCUT2D eigenvalue weighted by atomic mass is 32.1. The molecule has 3 nitrogen and oxygen atoms in total. The molecule has 4 saturated carbocycles. The van der Waals surface area contributed by atoms with Crippen molar-refractivity contribution in [3.63, 3.8) is 0 Å². The van der Waals surface area contributed by atoms with Crippen LogP contribution < -0.4 is 5.73 Å². The fraction of sp³-hybridized carbons (Fsp3) is 0.882. The van der Waals surface area contributed by atoms with Gasteiger partial charge in [0.05, 0.1) is 4.99 Å². The molecule has 4 rings (SSSR count). The maximum atomic E-state index is 13.1. The van der Waals surface area contributed by atoms with E-state index in [0.29, 0.717) is 35.7 Å². The van der Waals surface area contributed by atoms with Gasteiger partial charge in [-0.25, -0.2) is 0 Å². The number of amides is 1. The van der Waals surface area contributed by atoms with Gasteiger partial charge in [0, 0.05) is 24.9 Å². The van der Waals surface area contributed by atoms with E-state index in [2.05, 4.69) is 13.8 Å². The van der Waals surface area contributed by atoms with Gasteiger partial charge in [0.15, 0.2) is 0 Å². The number of carbonyl (C=O) groups excluding carboxylic acids is 1. The van der Waals surface area contributed by atoms with Crippen molar-refractivity contribution in [1.29, 1.82) is 0 Å². The molecule has 0 heterocycles. The van der Waals surface area contributed by atoms with Crippen LogP contribution in [-0.4, -0.2) is 28.4 Å². The summed E-state index contributed by atoms with van der Waals surface area (Å²) in [6.45, 7) is 4.90. The molecule has 4 heteroatoms. The molecule has 0 aliphatic heterocycles. The second kappa shape index (κ2) is 5.86. The standard InChI is InChI=1S/C17H28N2OS/c1-10(2)19(4-3-15(18)21)17(20)16-13-6-11-5-12(8-13)9-14(16)7-11/h10-14,16H,3-9H2,1-2H3,(H2,18,21). The summed E-state index contributed by atoms with van der Waals surface area (Å²) < 4.78 is 0. The highest BCUT2D eigenvalue weighted by Crippen LogP contribution is 2.56. The van der Waals surface area contributed by atoms with Gasteiger partial charge >= 0.3 is 0 Å². The first-order chi connectivity index (χ1) is 9.95. The third kappa shape index (κ3) is 2.96. The summed E-state index contributed by atoms with van der Waals surface area (Å²) in [7, 11) is 0. The Balaban J connectivity index is 1.72. The van der Waals surface area contributed by atoms with Gasteiger partial charge in [-0.05, 0) is 69.6 Å². The highest BCUT2D eigenvalue weighted by Gasteiger charge is 2.51. The molecule has 0 saturated heterocycles. The van der Waals surface area contributed by atoms with Crippen molar-refractivity contribution in [3.05, 3.63) is 0 Å². The lowest BCUT2D eigenvalue weighted by Gasteiger charge is -2.54. The van der Waals surface area contributed by atoms with Crippen molar-refractivity contribution in [1.82, 2.24) is 4.90 Å². The van der Waals surface area contributed by atoms with Gasteiger partial charge in [-0.1, -0.05) is 12.2 Å². The van der Waals surface area contributed by atoms with Gasteiger partial charge in [0.25, 0.3) is 0 Å². The third-order valence-electron chi connectivity index (χ3n) is 6.02. The van der Waals surface area contributed by atoms with E-state index in [1.807, 2.05) is 4.90 Å². The van der Waals surface area contributed by atoms with Crippen LogP contribution >= 0.6 is 12.2 Å². The van der Waals surface area contributed by atoms with E-state index in [9.17, 15) is 4.79 Å². The first kappa shape index (κ1) is 15.3. The molecule has 0 spiro atoms. The molecule has 21 heavy (non-hydrogen) atoms. The van der Waals surface area contributed by atoms with Crippen molar-refractivity contribution in [3.8, 4) is 0 Å². The zero-order valence-corrected chi connectivity index (χ0v) is 14.1. The van der Waals surface area contributed by atoms with Gasteiger partial charge in [0.2, 0.25) is 5.91 Å². The second-order valence-corrected chi connectivity index (χ2v) is 8.32. The number of nitrogens with zero attached hydrogens (tertiary/aromatic N) is 1. The van der Waals surface area contributed by atoms with Gasteiger partial charge in [0.1, 0.15) is 0 Å². The largest absolute Gasteiger partial charge is 0.393 e. The Hall–Kier alpha value is -0.640. The molecule has 4 bridgehead atoms.